The van der Waals surface area contributed by atoms with E-state index in [9.17, 15) is 9.90 Å². The van der Waals surface area contributed by atoms with Crippen LogP contribution in [0.3, 0.4) is 0 Å². The van der Waals surface area contributed by atoms with Crippen molar-refractivity contribution in [3.05, 3.63) is 34.9 Å². The lowest BCUT2D eigenvalue weighted by molar-refractivity contribution is -0.142. The van der Waals surface area contributed by atoms with Gasteiger partial charge in [0.25, 0.3) is 0 Å². The van der Waals surface area contributed by atoms with Crippen LogP contribution >= 0.6 is 11.6 Å². The van der Waals surface area contributed by atoms with Crippen molar-refractivity contribution < 1.29 is 19.4 Å². The number of hydrogen-bond acceptors (Lipinski definition) is 3. The lowest BCUT2D eigenvalue weighted by Gasteiger charge is -2.12. The number of aliphatic carboxylic acids is 1. The molecule has 0 aromatic heterocycles. The number of carbonyl (C=O) groups is 1. The van der Waals surface area contributed by atoms with Gasteiger partial charge in [-0.15, -0.1) is 0 Å². The number of benzene rings is 1. The molecule has 5 heteroatoms. The smallest absolute Gasteiger partial charge is 0.306 e. The van der Waals surface area contributed by atoms with E-state index in [2.05, 4.69) is 0 Å². The molecule has 0 saturated heterocycles. The van der Waals surface area contributed by atoms with Gasteiger partial charge >= 0.3 is 5.97 Å². The standard InChI is InChI=1S/C14H19ClO4/c1-18-8-9-19-7-6-12(14(16)17)10-11-2-4-13(15)5-3-11/h2-5,12H,6-10H2,1H3,(H,16,17). The molecule has 0 amide bonds. The topological polar surface area (TPSA) is 55.8 Å². The number of rotatable bonds is 9. The summed E-state index contributed by atoms with van der Waals surface area (Å²) in [7, 11) is 1.60. The molecule has 0 aliphatic heterocycles. The van der Waals surface area contributed by atoms with Gasteiger partial charge in [-0.1, -0.05) is 23.7 Å². The zero-order valence-electron chi connectivity index (χ0n) is 11.0. The van der Waals surface area contributed by atoms with Gasteiger partial charge in [0.1, 0.15) is 0 Å². The van der Waals surface area contributed by atoms with E-state index in [0.717, 1.165) is 5.56 Å². The molecule has 0 fully saturated rings. The number of hydrogen-bond donors (Lipinski definition) is 1. The van der Waals surface area contributed by atoms with E-state index in [1.165, 1.54) is 0 Å². The Kier molecular flexibility index (Phi) is 7.48. The molecular weight excluding hydrogens is 268 g/mol. The molecule has 19 heavy (non-hydrogen) atoms. The highest BCUT2D eigenvalue weighted by atomic mass is 35.5. The van der Waals surface area contributed by atoms with Crippen LogP contribution in [0.5, 0.6) is 0 Å². The molecule has 0 aliphatic rings. The zero-order chi connectivity index (χ0) is 14.1. The van der Waals surface area contributed by atoms with Gasteiger partial charge in [0.2, 0.25) is 0 Å². The lowest BCUT2D eigenvalue weighted by atomic mass is 9.97. The molecule has 1 N–H and O–H groups in total. The van der Waals surface area contributed by atoms with E-state index in [0.29, 0.717) is 37.7 Å². The van der Waals surface area contributed by atoms with Gasteiger partial charge in [-0.2, -0.15) is 0 Å². The molecule has 0 aliphatic carbocycles. The second-order valence-corrected chi connectivity index (χ2v) is 4.70. The average Bonchev–Trinajstić information content (AvgIpc) is 2.39. The van der Waals surface area contributed by atoms with Crippen molar-refractivity contribution in [1.82, 2.24) is 0 Å². The molecule has 4 nitrogen and oxygen atoms in total. The Morgan fingerprint density at radius 2 is 1.95 bits per heavy atom. The minimum atomic E-state index is -0.801. The Morgan fingerprint density at radius 1 is 1.26 bits per heavy atom. The SMILES string of the molecule is COCCOCCC(Cc1ccc(Cl)cc1)C(=O)O. The maximum Gasteiger partial charge on any atom is 0.306 e. The summed E-state index contributed by atoms with van der Waals surface area (Å²) < 4.78 is 10.2. The third kappa shape index (κ3) is 6.57. The molecular formula is C14H19ClO4. The highest BCUT2D eigenvalue weighted by Gasteiger charge is 2.17. The monoisotopic (exact) mass is 286 g/mol. The first kappa shape index (κ1) is 16.0. The second kappa shape index (κ2) is 8.91. The van der Waals surface area contributed by atoms with Gasteiger partial charge in [0, 0.05) is 18.7 Å². The predicted octanol–water partition coefficient (Wildman–Crippen LogP) is 2.64. The first-order valence-electron chi connectivity index (χ1n) is 6.17. The highest BCUT2D eigenvalue weighted by molar-refractivity contribution is 6.30. The molecule has 1 aromatic carbocycles. The largest absolute Gasteiger partial charge is 0.481 e. The lowest BCUT2D eigenvalue weighted by Crippen LogP contribution is -2.19. The fourth-order valence-corrected chi connectivity index (χ4v) is 1.81. The predicted molar refractivity (Wildman–Crippen MR) is 73.6 cm³/mol. The van der Waals surface area contributed by atoms with Crippen molar-refractivity contribution in [1.29, 1.82) is 0 Å². The Morgan fingerprint density at radius 3 is 2.53 bits per heavy atom. The van der Waals surface area contributed by atoms with Gasteiger partial charge in [0.05, 0.1) is 19.1 Å². The quantitative estimate of drug-likeness (QED) is 0.709. The third-order valence-electron chi connectivity index (χ3n) is 2.79. The van der Waals surface area contributed by atoms with Gasteiger partial charge in [-0.3, -0.25) is 4.79 Å². The van der Waals surface area contributed by atoms with E-state index in [1.54, 1.807) is 19.2 Å². The van der Waals surface area contributed by atoms with Gasteiger partial charge < -0.3 is 14.6 Å². The van der Waals surface area contributed by atoms with Crippen LogP contribution in [0.25, 0.3) is 0 Å². The molecule has 0 spiro atoms. The minimum absolute atomic E-state index is 0.425. The van der Waals surface area contributed by atoms with Gasteiger partial charge in [-0.05, 0) is 30.5 Å². The van der Waals surface area contributed by atoms with Crippen LogP contribution in [-0.4, -0.2) is 38.0 Å². The second-order valence-electron chi connectivity index (χ2n) is 4.26. The Labute approximate surface area is 118 Å². The summed E-state index contributed by atoms with van der Waals surface area (Å²) in [6, 6.07) is 7.24. The van der Waals surface area contributed by atoms with Crippen molar-refractivity contribution in [3.8, 4) is 0 Å². The maximum atomic E-state index is 11.2. The Bertz CT molecular complexity index is 378. The molecule has 0 heterocycles. The summed E-state index contributed by atoms with van der Waals surface area (Å²) in [5.41, 5.74) is 0.966. The fourth-order valence-electron chi connectivity index (χ4n) is 1.69. The Hall–Kier alpha value is -1.10. The molecule has 1 rings (SSSR count). The van der Waals surface area contributed by atoms with Crippen LogP contribution in [0.1, 0.15) is 12.0 Å². The van der Waals surface area contributed by atoms with Crippen molar-refractivity contribution in [2.24, 2.45) is 5.92 Å². The molecule has 106 valence electrons. The van der Waals surface area contributed by atoms with Crippen molar-refractivity contribution in [3.63, 3.8) is 0 Å². The number of carboxylic acid groups (broad SMARTS) is 1. The fraction of sp³-hybridized carbons (Fsp3) is 0.500. The van der Waals surface area contributed by atoms with Crippen molar-refractivity contribution in [2.45, 2.75) is 12.8 Å². The maximum absolute atomic E-state index is 11.2. The van der Waals surface area contributed by atoms with Crippen LogP contribution in [0.4, 0.5) is 0 Å². The Balaban J connectivity index is 2.40. The van der Waals surface area contributed by atoms with E-state index in [-0.39, 0.29) is 0 Å². The summed E-state index contributed by atoms with van der Waals surface area (Å²) in [5.74, 6) is -1.24. The average molecular weight is 287 g/mol. The molecule has 1 aromatic rings. The van der Waals surface area contributed by atoms with E-state index < -0.39 is 11.9 Å². The van der Waals surface area contributed by atoms with Crippen LogP contribution in [-0.2, 0) is 20.7 Å². The van der Waals surface area contributed by atoms with Crippen LogP contribution in [0, 0.1) is 5.92 Å². The van der Waals surface area contributed by atoms with Crippen molar-refractivity contribution in [2.75, 3.05) is 26.9 Å². The first-order chi connectivity index (χ1) is 9.13. The molecule has 0 bridgehead atoms. The van der Waals surface area contributed by atoms with Crippen LogP contribution in [0.15, 0.2) is 24.3 Å². The van der Waals surface area contributed by atoms with E-state index >= 15 is 0 Å². The van der Waals surface area contributed by atoms with Gasteiger partial charge in [-0.25, -0.2) is 0 Å². The van der Waals surface area contributed by atoms with Crippen molar-refractivity contribution >= 4 is 17.6 Å². The molecule has 1 atom stereocenters. The summed E-state index contributed by atoms with van der Waals surface area (Å²) in [5, 5.41) is 9.84. The summed E-state index contributed by atoms with van der Waals surface area (Å²) in [6.07, 6.45) is 0.974. The third-order valence-corrected chi connectivity index (χ3v) is 3.04. The van der Waals surface area contributed by atoms with Crippen LogP contribution < -0.4 is 0 Å². The number of ether oxygens (including phenoxy) is 2. The van der Waals surface area contributed by atoms with Crippen LogP contribution in [0.2, 0.25) is 5.02 Å². The number of methoxy groups -OCH3 is 1. The zero-order valence-corrected chi connectivity index (χ0v) is 11.7. The summed E-state index contributed by atoms with van der Waals surface area (Å²) in [6.45, 7) is 1.44. The normalized spacial score (nSPS) is 12.3. The number of halogens is 1. The first-order valence-corrected chi connectivity index (χ1v) is 6.55. The van der Waals surface area contributed by atoms with E-state index in [1.807, 2.05) is 12.1 Å². The molecule has 0 saturated carbocycles. The van der Waals surface area contributed by atoms with E-state index in [4.69, 9.17) is 21.1 Å². The van der Waals surface area contributed by atoms with Gasteiger partial charge in [0.15, 0.2) is 0 Å². The molecule has 0 radical (unpaired) electrons. The number of carboxylic acids is 1. The molecule has 1 unspecified atom stereocenters. The minimum Gasteiger partial charge on any atom is -0.481 e. The summed E-state index contributed by atoms with van der Waals surface area (Å²) >= 11 is 5.79. The summed E-state index contributed by atoms with van der Waals surface area (Å²) in [4.78, 5) is 11.2. The highest BCUT2D eigenvalue weighted by Crippen LogP contribution is 2.16.